The van der Waals surface area contributed by atoms with Crippen LogP contribution in [0.1, 0.15) is 30.1 Å². The molecule has 0 unspecified atom stereocenters. The monoisotopic (exact) mass is 606 g/mol. The lowest BCUT2D eigenvalue weighted by Crippen LogP contribution is -2.31. The van der Waals surface area contributed by atoms with Crippen LogP contribution in [0.2, 0.25) is 0 Å². The molecule has 4 aromatic carbocycles. The zero-order valence-corrected chi connectivity index (χ0v) is 24.5. The number of aliphatic hydroxyl groups is 1. The van der Waals surface area contributed by atoms with E-state index in [1.165, 1.54) is 6.08 Å². The van der Waals surface area contributed by atoms with Gasteiger partial charge in [0.1, 0.15) is 24.2 Å². The molecule has 0 aliphatic heterocycles. The van der Waals surface area contributed by atoms with Crippen molar-refractivity contribution in [1.82, 2.24) is 0 Å². The molecule has 0 aliphatic carbocycles. The van der Waals surface area contributed by atoms with E-state index in [9.17, 15) is 14.7 Å². The van der Waals surface area contributed by atoms with Crippen LogP contribution in [0, 0.1) is 11.3 Å². The fraction of sp³-hybridized carbons (Fsp3) is 0.171. The zero-order valence-electron chi connectivity index (χ0n) is 24.5. The summed E-state index contributed by atoms with van der Waals surface area (Å²) in [5.74, 6) is 0.629. The Kier molecular flexibility index (Phi) is 12.0. The van der Waals surface area contributed by atoms with E-state index in [4.69, 9.17) is 25.2 Å². The Morgan fingerprint density at radius 3 is 2.36 bits per heavy atom. The van der Waals surface area contributed by atoms with E-state index in [0.717, 1.165) is 0 Å². The smallest absolute Gasteiger partial charge is 0.412 e. The molecule has 0 saturated heterocycles. The molecule has 45 heavy (non-hydrogen) atoms. The fourth-order valence-electron chi connectivity index (χ4n) is 4.42. The Morgan fingerprint density at radius 1 is 0.911 bits per heavy atom. The summed E-state index contributed by atoms with van der Waals surface area (Å²) in [4.78, 5) is 25.8. The van der Waals surface area contributed by atoms with Crippen LogP contribution in [0.15, 0.2) is 115 Å². The molecule has 2 atom stereocenters. The van der Waals surface area contributed by atoms with Crippen LogP contribution in [0.3, 0.4) is 0 Å². The van der Waals surface area contributed by atoms with Gasteiger partial charge in [-0.1, -0.05) is 54.6 Å². The summed E-state index contributed by atoms with van der Waals surface area (Å²) < 4.78 is 18.2. The first-order valence-corrected chi connectivity index (χ1v) is 14.3. The third-order valence-corrected chi connectivity index (χ3v) is 6.54. The first kappa shape index (κ1) is 32.1. The van der Waals surface area contributed by atoms with Gasteiger partial charge in [0.15, 0.2) is 6.10 Å². The predicted molar refractivity (Wildman–Crippen MR) is 172 cm³/mol. The average molecular weight is 607 g/mol. The lowest BCUT2D eigenvalue weighted by atomic mass is 9.99. The molecule has 10 heteroatoms. The molecule has 0 spiro atoms. The number of amides is 2. The van der Waals surface area contributed by atoms with Crippen molar-refractivity contribution in [2.75, 3.05) is 29.6 Å². The lowest BCUT2D eigenvalue weighted by Gasteiger charge is -2.29. The van der Waals surface area contributed by atoms with E-state index in [-0.39, 0.29) is 19.1 Å². The van der Waals surface area contributed by atoms with Crippen LogP contribution in [0.25, 0.3) is 0 Å². The van der Waals surface area contributed by atoms with Gasteiger partial charge in [-0.05, 0) is 73.5 Å². The topological polar surface area (TPSA) is 156 Å². The van der Waals surface area contributed by atoms with Crippen molar-refractivity contribution in [3.8, 4) is 17.6 Å². The number of carbonyl (C=O) groups excluding carboxylic acids is 2. The second-order valence-corrected chi connectivity index (χ2v) is 9.78. The summed E-state index contributed by atoms with van der Waals surface area (Å²) in [7, 11) is 0. The summed E-state index contributed by atoms with van der Waals surface area (Å²) in [6.07, 6.45) is 1.41. The number of hydrogen-bond donors (Lipinski definition) is 4. The number of nitrogens with one attached hydrogen (secondary N) is 2. The Bertz CT molecular complexity index is 1620. The summed E-state index contributed by atoms with van der Waals surface area (Å²) in [6, 6.07) is 31.5. The number of rotatable bonds is 14. The van der Waals surface area contributed by atoms with Crippen molar-refractivity contribution < 1.29 is 28.9 Å². The van der Waals surface area contributed by atoms with Crippen LogP contribution >= 0.6 is 0 Å². The number of para-hydroxylation sites is 4. The minimum atomic E-state index is -0.968. The molecule has 0 radical (unpaired) electrons. The van der Waals surface area contributed by atoms with Gasteiger partial charge in [-0.3, -0.25) is 10.1 Å². The zero-order chi connectivity index (χ0) is 31.9. The van der Waals surface area contributed by atoms with Gasteiger partial charge in [0.25, 0.3) is 0 Å². The lowest BCUT2D eigenvalue weighted by molar-refractivity contribution is -0.111. The molecule has 2 amide bonds. The molecule has 0 fully saturated rings. The number of nitriles is 1. The minimum Gasteiger partial charge on any atom is -0.491 e. The van der Waals surface area contributed by atoms with Crippen molar-refractivity contribution in [1.29, 1.82) is 5.26 Å². The van der Waals surface area contributed by atoms with Crippen molar-refractivity contribution in [3.05, 3.63) is 126 Å². The number of allylic oxidation sites excluding steroid dienone is 1. The molecule has 0 heterocycles. The van der Waals surface area contributed by atoms with E-state index in [1.54, 1.807) is 91.0 Å². The van der Waals surface area contributed by atoms with Gasteiger partial charge in [0, 0.05) is 11.3 Å². The summed E-state index contributed by atoms with van der Waals surface area (Å²) >= 11 is 0. The van der Waals surface area contributed by atoms with Crippen molar-refractivity contribution >= 4 is 29.1 Å². The third-order valence-electron chi connectivity index (χ3n) is 6.54. The Balaban J connectivity index is 1.58. The van der Waals surface area contributed by atoms with E-state index in [1.807, 2.05) is 24.3 Å². The highest BCUT2D eigenvalue weighted by Gasteiger charge is 2.31. The molecule has 0 bridgehead atoms. The highest BCUT2D eigenvalue weighted by atomic mass is 16.6. The number of hydrogen-bond acceptors (Lipinski definition) is 8. The average Bonchev–Trinajstić information content (AvgIpc) is 3.06. The molecule has 4 aromatic rings. The van der Waals surface area contributed by atoms with E-state index in [2.05, 4.69) is 10.6 Å². The van der Waals surface area contributed by atoms with Gasteiger partial charge in [0.05, 0.1) is 29.6 Å². The summed E-state index contributed by atoms with van der Waals surface area (Å²) in [6.45, 7) is -0.167. The Hall–Kier alpha value is -5.79. The van der Waals surface area contributed by atoms with Gasteiger partial charge in [0.2, 0.25) is 5.91 Å². The molecule has 230 valence electrons. The molecule has 0 saturated carbocycles. The minimum absolute atomic E-state index is 0.0369. The van der Waals surface area contributed by atoms with E-state index >= 15 is 0 Å². The fourth-order valence-corrected chi connectivity index (χ4v) is 4.42. The van der Waals surface area contributed by atoms with Crippen LogP contribution in [-0.2, 0) is 9.53 Å². The number of benzene rings is 4. The second kappa shape index (κ2) is 16.7. The Labute approximate surface area is 261 Å². The number of nitrogens with zero attached hydrogens (tertiary/aromatic N) is 1. The maximum Gasteiger partial charge on any atom is 0.412 e. The molecule has 0 aliphatic rings. The highest BCUT2D eigenvalue weighted by molar-refractivity contribution is 6.01. The Morgan fingerprint density at radius 2 is 1.62 bits per heavy atom. The number of anilines is 3. The van der Waals surface area contributed by atoms with Crippen molar-refractivity contribution in [3.63, 3.8) is 0 Å². The van der Waals surface area contributed by atoms with Gasteiger partial charge in [-0.2, -0.15) is 5.26 Å². The van der Waals surface area contributed by atoms with Crippen LogP contribution < -0.4 is 25.8 Å². The third kappa shape index (κ3) is 9.88. The van der Waals surface area contributed by atoms with Crippen molar-refractivity contribution in [2.45, 2.75) is 25.0 Å². The maximum atomic E-state index is 13.2. The van der Waals surface area contributed by atoms with Gasteiger partial charge in [-0.15, -0.1) is 0 Å². The number of aliphatic hydroxyl groups excluding tert-OH is 1. The second-order valence-electron chi connectivity index (χ2n) is 9.78. The molecule has 4 rings (SSSR count). The SMILES string of the molecule is N#Cc1ccc(NC(=O)O[C@H](c2ccccc2OCCO)[C@@H](CC/C=C/C(=O)Nc2ccccc2N)Oc2ccccc2)cc1. The normalized spacial score (nSPS) is 12.0. The van der Waals surface area contributed by atoms with Crippen LogP contribution in [0.5, 0.6) is 11.5 Å². The first-order valence-electron chi connectivity index (χ1n) is 14.3. The van der Waals surface area contributed by atoms with Crippen LogP contribution in [-0.4, -0.2) is 36.4 Å². The largest absolute Gasteiger partial charge is 0.491 e. The maximum absolute atomic E-state index is 13.2. The van der Waals surface area contributed by atoms with Gasteiger partial charge < -0.3 is 30.4 Å². The van der Waals surface area contributed by atoms with Crippen molar-refractivity contribution in [2.24, 2.45) is 0 Å². The van der Waals surface area contributed by atoms with Gasteiger partial charge >= 0.3 is 6.09 Å². The number of ether oxygens (including phenoxy) is 3. The first-order chi connectivity index (χ1) is 22.0. The number of nitrogen functional groups attached to an aromatic ring is 1. The molecule has 10 nitrogen and oxygen atoms in total. The quantitative estimate of drug-likeness (QED) is 0.0973. The predicted octanol–water partition coefficient (Wildman–Crippen LogP) is 6.22. The summed E-state index contributed by atoms with van der Waals surface area (Å²) in [5.41, 5.74) is 8.32. The standard InChI is InChI=1S/C35H34N4O6/c36-24-25-18-20-26(21-19-25)38-35(42)45-34(28-12-4-7-15-31(28)43-23-22-40)32(44-27-10-2-1-3-11-27)16-8-9-17-33(41)39-30-14-6-5-13-29(30)37/h1-7,9-15,17-21,32,34,40H,8,16,22-23,37H2,(H,38,42)(H,39,41)/b17-9+/t32-,34-/m1/s1. The summed E-state index contributed by atoms with van der Waals surface area (Å²) in [5, 5.41) is 23.9. The molecule has 0 aromatic heterocycles. The molecular weight excluding hydrogens is 572 g/mol. The molecular formula is C35H34N4O6. The van der Waals surface area contributed by atoms with E-state index < -0.39 is 18.3 Å². The van der Waals surface area contributed by atoms with Crippen LogP contribution in [0.4, 0.5) is 21.9 Å². The number of carbonyl (C=O) groups is 2. The number of nitrogens with two attached hydrogens (primary N) is 1. The van der Waals surface area contributed by atoms with E-state index in [0.29, 0.717) is 52.5 Å². The van der Waals surface area contributed by atoms with Gasteiger partial charge in [-0.25, -0.2) is 4.79 Å². The highest BCUT2D eigenvalue weighted by Crippen LogP contribution is 2.35. The molecule has 5 N–H and O–H groups in total.